The molecule has 7 nitrogen and oxygen atoms in total. The highest BCUT2D eigenvalue weighted by Crippen LogP contribution is 2.50. The van der Waals surface area contributed by atoms with E-state index in [2.05, 4.69) is 413 Å². The Hall–Kier alpha value is -17.1. The second kappa shape index (κ2) is 37.9. The number of ether oxygens (including phenoxy) is 7. The van der Waals surface area contributed by atoms with Crippen LogP contribution in [0.25, 0.3) is 175 Å². The van der Waals surface area contributed by atoms with Crippen molar-refractivity contribution in [2.45, 2.75) is 46.2 Å². The molecule has 23 rings (SSSR count). The van der Waals surface area contributed by atoms with E-state index in [-0.39, 0.29) is 13.2 Å². The van der Waals surface area contributed by atoms with Gasteiger partial charge in [0.25, 0.3) is 0 Å². The summed E-state index contributed by atoms with van der Waals surface area (Å²) in [6.07, 6.45) is 0. The van der Waals surface area contributed by atoms with Gasteiger partial charge in [-0.05, 0) is 251 Å². The fraction of sp³-hybridized carbons (Fsp3) is 0.0615. The molecule has 0 N–H and O–H groups in total. The first-order valence-corrected chi connectivity index (χ1v) is 46.9. The quantitative estimate of drug-likeness (QED) is 0.0453. The molecular weight excluding hydrogens is 1670 g/mol. The molecule has 0 saturated heterocycles. The minimum atomic E-state index is 0.180. The molecule has 0 aliphatic heterocycles. The molecular formula is C130H94O7. The number of fused-ring (bicyclic) bond motifs is 8. The van der Waals surface area contributed by atoms with Gasteiger partial charge in [0, 0.05) is 25.3 Å². The molecule has 137 heavy (non-hydrogen) atoms. The van der Waals surface area contributed by atoms with Crippen LogP contribution in [0.2, 0.25) is 0 Å². The van der Waals surface area contributed by atoms with Gasteiger partial charge in [0.05, 0.1) is 6.61 Å². The first kappa shape index (κ1) is 84.2. The molecule has 0 bridgehead atoms. The molecule has 0 amide bonds. The van der Waals surface area contributed by atoms with Gasteiger partial charge in [-0.15, -0.1) is 0 Å². The Morgan fingerprint density at radius 3 is 0.409 bits per heavy atom. The van der Waals surface area contributed by atoms with E-state index in [4.69, 9.17) is 33.2 Å². The van der Waals surface area contributed by atoms with Crippen LogP contribution in [0.4, 0.5) is 0 Å². The molecule has 0 heterocycles. The lowest BCUT2D eigenvalue weighted by atomic mass is 9.86. The lowest BCUT2D eigenvalue weighted by Crippen LogP contribution is -2.03. The molecule has 0 unspecified atom stereocenters. The van der Waals surface area contributed by atoms with Crippen LogP contribution >= 0.6 is 0 Å². The van der Waals surface area contributed by atoms with Crippen molar-refractivity contribution < 1.29 is 33.2 Å². The second-order valence-electron chi connectivity index (χ2n) is 35.2. The van der Waals surface area contributed by atoms with E-state index in [0.29, 0.717) is 67.5 Å². The highest BCUT2D eigenvalue weighted by Gasteiger charge is 2.24. The van der Waals surface area contributed by atoms with Crippen LogP contribution in [0.15, 0.2) is 467 Å². The summed E-state index contributed by atoms with van der Waals surface area (Å²) in [7, 11) is 1.70. The fourth-order valence-corrected chi connectivity index (χ4v) is 20.3. The standard InChI is InChI=1S/C130H94O7/c1-131-79-90-70-101(136-84-91-72-103(132-80-86-54-62-97(63-55-86)127-115-46-22-14-38-107(115)123(93-30-6-2-7-31-93)108-39-15-23-47-116(108)127)77-104(73-91)133-81-87-56-64-98(65-57-87)128-117-48-24-16-40-109(117)124(94-32-8-3-9-33-94)110-41-17-25-49-118(110)128)76-102(71-90)137-85-92-74-105(134-82-88-58-66-99(67-59-88)129-119-50-26-18-42-111(119)125(95-34-10-4-11-35-95)112-43-19-27-51-120(112)129)78-106(75-92)135-83-89-60-68-100(69-61-89)130-121-52-28-20-44-113(121)126(96-36-12-5-13-37-96)114-45-21-29-53-122(114)130/h2-78H,79-85H2,1H3. The van der Waals surface area contributed by atoms with Gasteiger partial charge in [-0.1, -0.05) is 413 Å². The van der Waals surface area contributed by atoms with Gasteiger partial charge in [0.2, 0.25) is 0 Å². The van der Waals surface area contributed by atoms with Gasteiger partial charge in [0.15, 0.2) is 0 Å². The van der Waals surface area contributed by atoms with Crippen LogP contribution in [0, 0.1) is 0 Å². The Balaban J connectivity index is 0.535. The van der Waals surface area contributed by atoms with Crippen molar-refractivity contribution in [3.05, 3.63) is 506 Å². The maximum absolute atomic E-state index is 6.89. The molecule has 0 fully saturated rings. The Morgan fingerprint density at radius 1 is 0.124 bits per heavy atom. The smallest absolute Gasteiger partial charge is 0.123 e. The molecule has 7 heteroatoms. The molecule has 0 aliphatic rings. The molecule has 0 saturated carbocycles. The van der Waals surface area contributed by atoms with Gasteiger partial charge >= 0.3 is 0 Å². The predicted octanol–water partition coefficient (Wildman–Crippen LogP) is 33.9. The maximum Gasteiger partial charge on any atom is 0.123 e. The van der Waals surface area contributed by atoms with Crippen molar-refractivity contribution in [3.63, 3.8) is 0 Å². The number of benzene rings is 23. The van der Waals surface area contributed by atoms with Crippen molar-refractivity contribution in [2.75, 3.05) is 7.11 Å². The third kappa shape index (κ3) is 17.1. The molecule has 0 spiro atoms. The second-order valence-corrected chi connectivity index (χ2v) is 35.2. The highest BCUT2D eigenvalue weighted by atomic mass is 16.5. The average molecular weight is 1770 g/mol. The van der Waals surface area contributed by atoms with E-state index in [1.54, 1.807) is 7.11 Å². The Kier molecular flexibility index (Phi) is 23.3. The van der Waals surface area contributed by atoms with E-state index in [0.717, 1.165) is 61.2 Å². The Morgan fingerprint density at radius 2 is 0.255 bits per heavy atom. The Bertz CT molecular complexity index is 7240. The molecule has 0 atom stereocenters. The average Bonchev–Trinajstić information content (AvgIpc) is 0.749. The van der Waals surface area contributed by atoms with E-state index >= 15 is 0 Å². The SMILES string of the molecule is COCc1cc(OCc2cc(OCc3ccc(-c4c5ccccc5c(-c5ccccc5)c5ccccc45)cc3)cc(OCc3ccc(-c4c5ccccc5c(-c5ccccc5)c5ccccc45)cc3)c2)cc(OCc2cc(OCc3ccc(-c4c5ccccc5c(-c5ccccc5)c5ccccc45)cc3)cc(OCc3ccc(-c4c5ccccc5c(-c5ccccc5)c5ccccc45)cc3)c2)c1. The summed E-state index contributed by atoms with van der Waals surface area (Å²) in [4.78, 5) is 0. The minimum absolute atomic E-state index is 0.180. The number of methoxy groups -OCH3 is 1. The molecule has 0 aromatic heterocycles. The predicted molar refractivity (Wildman–Crippen MR) is 565 cm³/mol. The maximum atomic E-state index is 6.89. The third-order valence-electron chi connectivity index (χ3n) is 26.5. The molecule has 0 radical (unpaired) electrons. The van der Waals surface area contributed by atoms with Crippen LogP contribution in [0.5, 0.6) is 34.5 Å². The third-order valence-corrected chi connectivity index (χ3v) is 26.5. The van der Waals surface area contributed by atoms with Crippen molar-refractivity contribution in [1.29, 1.82) is 0 Å². The van der Waals surface area contributed by atoms with Crippen LogP contribution in [0.3, 0.4) is 0 Å². The topological polar surface area (TPSA) is 64.6 Å². The lowest BCUT2D eigenvalue weighted by Gasteiger charge is -2.18. The van der Waals surface area contributed by atoms with Gasteiger partial charge in [0.1, 0.15) is 74.1 Å². The molecule has 23 aromatic rings. The number of hydrogen-bond acceptors (Lipinski definition) is 7. The van der Waals surface area contributed by atoms with Gasteiger partial charge in [-0.25, -0.2) is 0 Å². The number of rotatable bonds is 28. The van der Waals surface area contributed by atoms with E-state index in [1.165, 1.54) is 153 Å². The van der Waals surface area contributed by atoms with Gasteiger partial charge < -0.3 is 33.2 Å². The van der Waals surface area contributed by atoms with Crippen molar-refractivity contribution in [3.8, 4) is 124 Å². The fourth-order valence-electron chi connectivity index (χ4n) is 20.3. The number of hydrogen-bond donors (Lipinski definition) is 0. The molecule has 656 valence electrons. The summed E-state index contributed by atoms with van der Waals surface area (Å²) in [5, 5.41) is 19.3. The van der Waals surface area contributed by atoms with Crippen molar-refractivity contribution >= 4 is 86.2 Å². The van der Waals surface area contributed by atoms with Crippen LogP contribution < -0.4 is 28.4 Å². The van der Waals surface area contributed by atoms with Crippen molar-refractivity contribution in [1.82, 2.24) is 0 Å². The monoisotopic (exact) mass is 1770 g/mol. The summed E-state index contributed by atoms with van der Waals surface area (Å²) in [5.41, 5.74) is 25.7. The summed E-state index contributed by atoms with van der Waals surface area (Å²) in [5.74, 6) is 3.76. The minimum Gasteiger partial charge on any atom is -0.489 e. The van der Waals surface area contributed by atoms with E-state index in [1.807, 2.05) is 54.6 Å². The van der Waals surface area contributed by atoms with E-state index in [9.17, 15) is 0 Å². The van der Waals surface area contributed by atoms with Gasteiger partial charge in [-0.3, -0.25) is 0 Å². The molecule has 0 aliphatic carbocycles. The summed E-state index contributed by atoms with van der Waals surface area (Å²) < 4.78 is 47.0. The van der Waals surface area contributed by atoms with Gasteiger partial charge in [-0.2, -0.15) is 0 Å². The Labute approximate surface area is 796 Å². The first-order chi connectivity index (χ1) is 67.9. The zero-order chi connectivity index (χ0) is 91.3. The zero-order valence-corrected chi connectivity index (χ0v) is 75.8. The van der Waals surface area contributed by atoms with Crippen LogP contribution in [-0.4, -0.2) is 7.11 Å². The van der Waals surface area contributed by atoms with Crippen LogP contribution in [0.1, 0.15) is 38.9 Å². The lowest BCUT2D eigenvalue weighted by molar-refractivity contribution is 0.183. The van der Waals surface area contributed by atoms with Crippen molar-refractivity contribution in [2.24, 2.45) is 0 Å². The largest absolute Gasteiger partial charge is 0.489 e. The normalized spacial score (nSPS) is 11.5. The zero-order valence-electron chi connectivity index (χ0n) is 75.8. The first-order valence-electron chi connectivity index (χ1n) is 46.9. The summed E-state index contributed by atoms with van der Waals surface area (Å²) in [6.45, 7) is 1.92. The highest BCUT2D eigenvalue weighted by molar-refractivity contribution is 6.25. The molecule has 23 aromatic carbocycles. The summed E-state index contributed by atoms with van der Waals surface area (Å²) >= 11 is 0. The van der Waals surface area contributed by atoms with Crippen LogP contribution in [-0.2, 0) is 51.0 Å². The van der Waals surface area contributed by atoms with E-state index < -0.39 is 0 Å². The summed E-state index contributed by atoms with van der Waals surface area (Å²) in [6, 6.07) is 166.